The Morgan fingerprint density at radius 1 is 1.50 bits per heavy atom. The van der Waals surface area contributed by atoms with Gasteiger partial charge in [-0.2, -0.15) is 0 Å². The monoisotopic (exact) mass is 219 g/mol. The van der Waals surface area contributed by atoms with E-state index in [9.17, 15) is 0 Å². The van der Waals surface area contributed by atoms with Gasteiger partial charge in [0.1, 0.15) is 5.82 Å². The van der Waals surface area contributed by atoms with E-state index >= 15 is 0 Å². The Bertz CT molecular complexity index is 320. The maximum absolute atomic E-state index is 5.57. The summed E-state index contributed by atoms with van der Waals surface area (Å²) in [6.45, 7) is 5.15. The summed E-state index contributed by atoms with van der Waals surface area (Å²) < 4.78 is 0. The first-order valence-electron chi connectivity index (χ1n) is 6.23. The fraction of sp³-hybridized carbons (Fsp3) is 0.615. The van der Waals surface area contributed by atoms with E-state index in [4.69, 9.17) is 5.73 Å². The molecule has 0 bridgehead atoms. The molecule has 1 aliphatic heterocycles. The summed E-state index contributed by atoms with van der Waals surface area (Å²) in [5, 5.41) is 0. The number of piperidine rings is 1. The number of aromatic nitrogens is 1. The van der Waals surface area contributed by atoms with Crippen LogP contribution in [0.15, 0.2) is 18.3 Å². The minimum Gasteiger partial charge on any atom is -0.356 e. The van der Waals surface area contributed by atoms with Gasteiger partial charge in [-0.15, -0.1) is 0 Å². The summed E-state index contributed by atoms with van der Waals surface area (Å²) in [7, 11) is 0. The van der Waals surface area contributed by atoms with Gasteiger partial charge in [0.15, 0.2) is 0 Å². The summed E-state index contributed by atoms with van der Waals surface area (Å²) in [5.74, 6) is 1.94. The lowest BCUT2D eigenvalue weighted by molar-refractivity contribution is 0.403. The van der Waals surface area contributed by atoms with Crippen LogP contribution in [0.1, 0.15) is 31.7 Å². The van der Waals surface area contributed by atoms with E-state index in [1.165, 1.54) is 19.3 Å². The molecule has 2 rings (SSSR count). The summed E-state index contributed by atoms with van der Waals surface area (Å²) in [6.07, 6.45) is 5.83. The molecular weight excluding hydrogens is 198 g/mol. The quantitative estimate of drug-likeness (QED) is 0.847. The zero-order valence-corrected chi connectivity index (χ0v) is 10.0. The van der Waals surface area contributed by atoms with Crippen molar-refractivity contribution in [1.29, 1.82) is 0 Å². The van der Waals surface area contributed by atoms with E-state index in [1.807, 2.05) is 6.20 Å². The number of anilines is 1. The molecule has 1 fully saturated rings. The van der Waals surface area contributed by atoms with E-state index in [1.54, 1.807) is 0 Å². The van der Waals surface area contributed by atoms with Crippen LogP contribution in [-0.2, 0) is 6.54 Å². The molecule has 1 aromatic rings. The Hall–Kier alpha value is -1.09. The molecule has 88 valence electrons. The molecule has 0 amide bonds. The van der Waals surface area contributed by atoms with Crippen LogP contribution in [0.25, 0.3) is 0 Å². The third-order valence-corrected chi connectivity index (χ3v) is 3.47. The lowest BCUT2D eigenvalue weighted by atomic mass is 9.96. The molecule has 0 radical (unpaired) electrons. The molecule has 1 aromatic heterocycles. The standard InChI is InChI=1S/C13H21N3/c1-2-11-4-3-7-16(10-11)13-6-5-12(8-14)9-15-13/h5-6,9,11H,2-4,7-8,10,14H2,1H3. The van der Waals surface area contributed by atoms with Crippen LogP contribution < -0.4 is 10.6 Å². The molecule has 1 unspecified atom stereocenters. The molecule has 3 nitrogen and oxygen atoms in total. The van der Waals surface area contributed by atoms with Crippen molar-refractivity contribution in [2.24, 2.45) is 11.7 Å². The molecule has 1 saturated heterocycles. The minimum atomic E-state index is 0.574. The highest BCUT2D eigenvalue weighted by Gasteiger charge is 2.19. The van der Waals surface area contributed by atoms with Gasteiger partial charge in [-0.05, 0) is 30.4 Å². The van der Waals surface area contributed by atoms with E-state index in [2.05, 4.69) is 28.9 Å². The first-order chi connectivity index (χ1) is 7.83. The summed E-state index contributed by atoms with van der Waals surface area (Å²) in [4.78, 5) is 6.89. The Labute approximate surface area is 97.7 Å². The first-order valence-corrected chi connectivity index (χ1v) is 6.23. The highest BCUT2D eigenvalue weighted by Crippen LogP contribution is 2.23. The molecule has 1 aliphatic rings. The predicted molar refractivity (Wildman–Crippen MR) is 67.4 cm³/mol. The van der Waals surface area contributed by atoms with E-state index in [0.717, 1.165) is 30.4 Å². The molecule has 2 N–H and O–H groups in total. The van der Waals surface area contributed by atoms with Crippen molar-refractivity contribution < 1.29 is 0 Å². The lowest BCUT2D eigenvalue weighted by Crippen LogP contribution is -2.35. The number of hydrogen-bond donors (Lipinski definition) is 1. The zero-order valence-electron chi connectivity index (χ0n) is 10.0. The largest absolute Gasteiger partial charge is 0.356 e. The molecule has 1 atom stereocenters. The normalized spacial score (nSPS) is 21.1. The minimum absolute atomic E-state index is 0.574. The van der Waals surface area contributed by atoms with E-state index < -0.39 is 0 Å². The van der Waals surface area contributed by atoms with E-state index in [0.29, 0.717) is 6.54 Å². The van der Waals surface area contributed by atoms with Gasteiger partial charge in [-0.3, -0.25) is 0 Å². The lowest BCUT2D eigenvalue weighted by Gasteiger charge is -2.33. The molecule has 0 spiro atoms. The van der Waals surface area contributed by atoms with Gasteiger partial charge in [-0.1, -0.05) is 19.4 Å². The van der Waals surface area contributed by atoms with Crippen LogP contribution in [0, 0.1) is 5.92 Å². The van der Waals surface area contributed by atoms with Crippen molar-refractivity contribution >= 4 is 5.82 Å². The predicted octanol–water partition coefficient (Wildman–Crippen LogP) is 2.17. The maximum Gasteiger partial charge on any atom is 0.128 e. The van der Waals surface area contributed by atoms with E-state index in [-0.39, 0.29) is 0 Å². The summed E-state index contributed by atoms with van der Waals surface area (Å²) in [6, 6.07) is 4.18. The van der Waals surface area contributed by atoms with Gasteiger partial charge >= 0.3 is 0 Å². The number of rotatable bonds is 3. The Balaban J connectivity index is 2.05. The average Bonchev–Trinajstić information content (AvgIpc) is 2.39. The SMILES string of the molecule is CCC1CCCN(c2ccc(CN)cn2)C1. The summed E-state index contributed by atoms with van der Waals surface area (Å²) >= 11 is 0. The molecule has 0 aromatic carbocycles. The third kappa shape index (κ3) is 2.53. The zero-order chi connectivity index (χ0) is 11.4. The van der Waals surface area contributed by atoms with Gasteiger partial charge < -0.3 is 10.6 Å². The Kier molecular flexibility index (Phi) is 3.78. The smallest absolute Gasteiger partial charge is 0.128 e. The molecule has 16 heavy (non-hydrogen) atoms. The highest BCUT2D eigenvalue weighted by atomic mass is 15.2. The molecule has 0 aliphatic carbocycles. The first kappa shape index (κ1) is 11.4. The second-order valence-corrected chi connectivity index (χ2v) is 4.59. The van der Waals surface area contributed by atoms with Crippen molar-refractivity contribution in [2.45, 2.75) is 32.7 Å². The van der Waals surface area contributed by atoms with Crippen LogP contribution >= 0.6 is 0 Å². The van der Waals surface area contributed by atoms with Crippen molar-refractivity contribution in [1.82, 2.24) is 4.98 Å². The van der Waals surface area contributed by atoms with Crippen LogP contribution in [0.3, 0.4) is 0 Å². The number of pyridine rings is 1. The van der Waals surface area contributed by atoms with Gasteiger partial charge in [0.05, 0.1) is 0 Å². The number of nitrogens with zero attached hydrogens (tertiary/aromatic N) is 2. The summed E-state index contributed by atoms with van der Waals surface area (Å²) in [5.41, 5.74) is 6.67. The Morgan fingerprint density at radius 2 is 2.38 bits per heavy atom. The van der Waals surface area contributed by atoms with Crippen molar-refractivity contribution in [3.05, 3.63) is 23.9 Å². The molecular formula is C13H21N3. The second-order valence-electron chi connectivity index (χ2n) is 4.59. The number of hydrogen-bond acceptors (Lipinski definition) is 3. The average molecular weight is 219 g/mol. The van der Waals surface area contributed by atoms with Crippen molar-refractivity contribution in [2.75, 3.05) is 18.0 Å². The van der Waals surface area contributed by atoms with Gasteiger partial charge in [-0.25, -0.2) is 4.98 Å². The molecule has 3 heteroatoms. The van der Waals surface area contributed by atoms with Crippen LogP contribution in [-0.4, -0.2) is 18.1 Å². The van der Waals surface area contributed by atoms with Crippen LogP contribution in [0.4, 0.5) is 5.82 Å². The van der Waals surface area contributed by atoms with Crippen LogP contribution in [0.2, 0.25) is 0 Å². The van der Waals surface area contributed by atoms with Gasteiger partial charge in [0, 0.05) is 25.8 Å². The number of nitrogens with two attached hydrogens (primary N) is 1. The fourth-order valence-electron chi connectivity index (χ4n) is 2.33. The second kappa shape index (κ2) is 5.30. The third-order valence-electron chi connectivity index (χ3n) is 3.47. The van der Waals surface area contributed by atoms with Crippen molar-refractivity contribution in [3.63, 3.8) is 0 Å². The van der Waals surface area contributed by atoms with Crippen LogP contribution in [0.5, 0.6) is 0 Å². The maximum atomic E-state index is 5.57. The molecule has 2 heterocycles. The Morgan fingerprint density at radius 3 is 3.00 bits per heavy atom. The highest BCUT2D eigenvalue weighted by molar-refractivity contribution is 5.39. The molecule has 0 saturated carbocycles. The van der Waals surface area contributed by atoms with Gasteiger partial charge in [0.2, 0.25) is 0 Å². The fourth-order valence-corrected chi connectivity index (χ4v) is 2.33. The topological polar surface area (TPSA) is 42.1 Å². The van der Waals surface area contributed by atoms with Crippen molar-refractivity contribution in [3.8, 4) is 0 Å². The van der Waals surface area contributed by atoms with Gasteiger partial charge in [0.25, 0.3) is 0 Å².